The molecule has 0 heterocycles. The van der Waals surface area contributed by atoms with Crippen LogP contribution in [0.3, 0.4) is 0 Å². The van der Waals surface area contributed by atoms with Crippen molar-refractivity contribution >= 4 is 5.91 Å². The number of hydrogen-bond acceptors (Lipinski definition) is 2. The van der Waals surface area contributed by atoms with Crippen LogP contribution in [0.15, 0.2) is 0 Å². The zero-order valence-electron chi connectivity index (χ0n) is 9.16. The third kappa shape index (κ3) is 4.71. The molecule has 1 saturated carbocycles. The van der Waals surface area contributed by atoms with Crippen molar-refractivity contribution in [3.63, 3.8) is 0 Å². The number of carbonyl (C=O) groups is 1. The van der Waals surface area contributed by atoms with Crippen molar-refractivity contribution in [2.24, 2.45) is 0 Å². The Hall–Kier alpha value is -0.990. The Labute approximate surface area is 98.9 Å². The van der Waals surface area contributed by atoms with E-state index in [4.69, 9.17) is 0 Å². The van der Waals surface area contributed by atoms with Crippen molar-refractivity contribution in [2.45, 2.75) is 43.7 Å². The maximum Gasteiger partial charge on any atom is 0.471 e. The SMILES string of the molecule is O=C(N[C@H]1CCC[C@@H]1NCC(F)(F)F)C(F)(F)F. The molecule has 0 aromatic heterocycles. The van der Waals surface area contributed by atoms with E-state index in [-0.39, 0.29) is 6.42 Å². The minimum absolute atomic E-state index is 0.233. The van der Waals surface area contributed by atoms with Crippen LogP contribution in [0.2, 0.25) is 0 Å². The molecule has 0 aliphatic heterocycles. The lowest BCUT2D eigenvalue weighted by atomic mass is 10.1. The van der Waals surface area contributed by atoms with Crippen LogP contribution in [-0.2, 0) is 4.79 Å². The van der Waals surface area contributed by atoms with E-state index >= 15 is 0 Å². The molecule has 0 bridgehead atoms. The maximum absolute atomic E-state index is 12.0. The molecule has 0 aromatic rings. The van der Waals surface area contributed by atoms with Gasteiger partial charge in [-0.3, -0.25) is 4.79 Å². The van der Waals surface area contributed by atoms with Crippen molar-refractivity contribution in [2.75, 3.05) is 6.54 Å². The van der Waals surface area contributed by atoms with Gasteiger partial charge in [0.15, 0.2) is 0 Å². The smallest absolute Gasteiger partial charge is 0.344 e. The fourth-order valence-corrected chi connectivity index (χ4v) is 1.87. The van der Waals surface area contributed by atoms with E-state index in [0.717, 1.165) is 0 Å². The fourth-order valence-electron chi connectivity index (χ4n) is 1.87. The topological polar surface area (TPSA) is 41.1 Å². The molecule has 9 heteroatoms. The molecular formula is C9H12F6N2O. The predicted molar refractivity (Wildman–Crippen MR) is 49.7 cm³/mol. The lowest BCUT2D eigenvalue weighted by Crippen LogP contribution is -2.51. The number of alkyl halides is 6. The second-order valence-electron chi connectivity index (χ2n) is 4.11. The minimum atomic E-state index is -5.02. The summed E-state index contributed by atoms with van der Waals surface area (Å²) in [7, 11) is 0. The summed E-state index contributed by atoms with van der Waals surface area (Å²) in [6.07, 6.45) is -8.44. The summed E-state index contributed by atoms with van der Waals surface area (Å²) >= 11 is 0. The molecule has 3 nitrogen and oxygen atoms in total. The van der Waals surface area contributed by atoms with Crippen LogP contribution in [0.5, 0.6) is 0 Å². The summed E-state index contributed by atoms with van der Waals surface area (Å²) in [6.45, 7) is -1.28. The molecule has 106 valence electrons. The third-order valence-corrected chi connectivity index (χ3v) is 2.65. The largest absolute Gasteiger partial charge is 0.471 e. The molecule has 1 amide bonds. The number of carbonyl (C=O) groups excluding carboxylic acids is 1. The molecule has 0 spiro atoms. The van der Waals surface area contributed by atoms with E-state index in [1.54, 1.807) is 5.32 Å². The molecule has 1 aliphatic carbocycles. The Balaban J connectivity index is 2.48. The van der Waals surface area contributed by atoms with E-state index in [9.17, 15) is 31.1 Å². The first-order valence-corrected chi connectivity index (χ1v) is 5.27. The number of nitrogens with one attached hydrogen (secondary N) is 2. The van der Waals surface area contributed by atoms with Gasteiger partial charge in [-0.25, -0.2) is 0 Å². The number of amides is 1. The average molecular weight is 278 g/mol. The van der Waals surface area contributed by atoms with Gasteiger partial charge in [0.1, 0.15) is 0 Å². The molecule has 2 N–H and O–H groups in total. The van der Waals surface area contributed by atoms with E-state index < -0.39 is 36.9 Å². The highest BCUT2D eigenvalue weighted by atomic mass is 19.4. The van der Waals surface area contributed by atoms with Gasteiger partial charge >= 0.3 is 18.3 Å². The van der Waals surface area contributed by atoms with Crippen molar-refractivity contribution in [3.05, 3.63) is 0 Å². The first-order valence-electron chi connectivity index (χ1n) is 5.27. The molecule has 0 saturated heterocycles. The second-order valence-corrected chi connectivity index (χ2v) is 4.11. The highest BCUT2D eigenvalue weighted by Crippen LogP contribution is 2.23. The average Bonchev–Trinajstić information content (AvgIpc) is 2.59. The van der Waals surface area contributed by atoms with E-state index in [1.165, 1.54) is 0 Å². The van der Waals surface area contributed by atoms with Crippen molar-refractivity contribution in [1.82, 2.24) is 10.6 Å². The Morgan fingerprint density at radius 3 is 2.11 bits per heavy atom. The molecule has 1 aliphatic rings. The Kier molecular flexibility index (Phi) is 4.46. The van der Waals surface area contributed by atoms with Gasteiger partial charge < -0.3 is 10.6 Å². The van der Waals surface area contributed by atoms with Crippen molar-refractivity contribution in [1.29, 1.82) is 0 Å². The zero-order valence-corrected chi connectivity index (χ0v) is 9.16. The molecule has 1 fully saturated rings. The normalized spacial score (nSPS) is 25.2. The van der Waals surface area contributed by atoms with Crippen molar-refractivity contribution < 1.29 is 31.1 Å². The lowest BCUT2D eigenvalue weighted by molar-refractivity contribution is -0.174. The second kappa shape index (κ2) is 5.33. The highest BCUT2D eigenvalue weighted by molar-refractivity contribution is 5.82. The molecule has 0 unspecified atom stereocenters. The van der Waals surface area contributed by atoms with E-state index in [1.807, 2.05) is 0 Å². The maximum atomic E-state index is 12.0. The van der Waals surface area contributed by atoms with Crippen LogP contribution in [0.1, 0.15) is 19.3 Å². The van der Waals surface area contributed by atoms with Gasteiger partial charge in [-0.1, -0.05) is 0 Å². The van der Waals surface area contributed by atoms with E-state index in [2.05, 4.69) is 5.32 Å². The molecule has 2 atom stereocenters. The van der Waals surface area contributed by atoms with Gasteiger partial charge in [0.2, 0.25) is 0 Å². The van der Waals surface area contributed by atoms with Crippen molar-refractivity contribution in [3.8, 4) is 0 Å². The zero-order chi connectivity index (χ0) is 14.0. The minimum Gasteiger partial charge on any atom is -0.344 e. The number of halogens is 6. The van der Waals surface area contributed by atoms with Crippen LogP contribution >= 0.6 is 0 Å². The first-order chi connectivity index (χ1) is 8.09. The van der Waals surface area contributed by atoms with Crippen LogP contribution in [0, 0.1) is 0 Å². The predicted octanol–water partition coefficient (Wildman–Crippen LogP) is 1.74. The van der Waals surface area contributed by atoms with Gasteiger partial charge in [0.05, 0.1) is 6.54 Å². The van der Waals surface area contributed by atoms with Crippen LogP contribution in [0.4, 0.5) is 26.3 Å². The van der Waals surface area contributed by atoms with Gasteiger partial charge in [-0.2, -0.15) is 26.3 Å². The summed E-state index contributed by atoms with van der Waals surface area (Å²) in [5, 5.41) is 3.83. The van der Waals surface area contributed by atoms with Crippen LogP contribution < -0.4 is 10.6 Å². The molecule has 1 rings (SSSR count). The molecule has 0 aromatic carbocycles. The quantitative estimate of drug-likeness (QED) is 0.772. The van der Waals surface area contributed by atoms with Crippen LogP contribution in [0.25, 0.3) is 0 Å². The highest BCUT2D eigenvalue weighted by Gasteiger charge is 2.42. The number of hydrogen-bond donors (Lipinski definition) is 2. The third-order valence-electron chi connectivity index (χ3n) is 2.65. The molecular weight excluding hydrogens is 266 g/mol. The molecule has 18 heavy (non-hydrogen) atoms. The standard InChI is InChI=1S/C9H12F6N2O/c10-8(11,12)4-16-5-2-1-3-6(5)17-7(18)9(13,14)15/h5-6,16H,1-4H2,(H,17,18)/t5-,6-/m0/s1. The summed E-state index contributed by atoms with van der Waals surface area (Å²) in [4.78, 5) is 10.7. The summed E-state index contributed by atoms with van der Waals surface area (Å²) in [5.41, 5.74) is 0. The summed E-state index contributed by atoms with van der Waals surface area (Å²) in [5.74, 6) is -2.12. The summed E-state index contributed by atoms with van der Waals surface area (Å²) in [6, 6.07) is -1.70. The Bertz CT molecular complexity index is 300. The van der Waals surface area contributed by atoms with Crippen LogP contribution in [-0.4, -0.2) is 36.9 Å². The van der Waals surface area contributed by atoms with Gasteiger partial charge in [-0.05, 0) is 19.3 Å². The number of rotatable bonds is 3. The first kappa shape index (κ1) is 15.1. The van der Waals surface area contributed by atoms with E-state index in [0.29, 0.717) is 12.8 Å². The van der Waals surface area contributed by atoms with Gasteiger partial charge in [0.25, 0.3) is 0 Å². The molecule has 0 radical (unpaired) electrons. The Morgan fingerprint density at radius 1 is 1.06 bits per heavy atom. The fraction of sp³-hybridized carbons (Fsp3) is 0.889. The van der Waals surface area contributed by atoms with Gasteiger partial charge in [0, 0.05) is 12.1 Å². The summed E-state index contributed by atoms with van der Waals surface area (Å²) < 4.78 is 71.9. The monoisotopic (exact) mass is 278 g/mol. The van der Waals surface area contributed by atoms with Gasteiger partial charge in [-0.15, -0.1) is 0 Å². The lowest BCUT2D eigenvalue weighted by Gasteiger charge is -2.23. The Morgan fingerprint density at radius 2 is 1.61 bits per heavy atom.